The fourth-order valence-electron chi connectivity index (χ4n) is 2.36. The molecule has 0 bridgehead atoms. The normalized spacial score (nSPS) is 19.4. The Morgan fingerprint density at radius 3 is 2.56 bits per heavy atom. The van der Waals surface area contributed by atoms with E-state index in [0.29, 0.717) is 5.92 Å². The zero-order chi connectivity index (χ0) is 11.4. The number of benzene rings is 1. The first-order valence-corrected chi connectivity index (χ1v) is 6.49. The van der Waals surface area contributed by atoms with Crippen molar-refractivity contribution in [2.75, 3.05) is 0 Å². The van der Waals surface area contributed by atoms with Gasteiger partial charge in [-0.3, -0.25) is 0 Å². The quantitative estimate of drug-likeness (QED) is 0.775. The van der Waals surface area contributed by atoms with Gasteiger partial charge in [0.25, 0.3) is 0 Å². The third-order valence-corrected chi connectivity index (χ3v) is 3.78. The predicted molar refractivity (Wildman–Crippen MR) is 67.3 cm³/mol. The van der Waals surface area contributed by atoms with Gasteiger partial charge in [-0.25, -0.2) is 0 Å². The lowest BCUT2D eigenvalue weighted by Crippen LogP contribution is -2.19. The summed E-state index contributed by atoms with van der Waals surface area (Å²) < 4.78 is 0. The molecule has 1 aromatic carbocycles. The molecule has 1 heteroatoms. The minimum absolute atomic E-state index is 0.0868. The van der Waals surface area contributed by atoms with E-state index in [0.717, 1.165) is 25.2 Å². The summed E-state index contributed by atoms with van der Waals surface area (Å²) in [6.07, 6.45) is 5.72. The first kappa shape index (κ1) is 11.7. The van der Waals surface area contributed by atoms with E-state index in [9.17, 15) is 5.11 Å². The topological polar surface area (TPSA) is 20.2 Å². The monoisotopic (exact) mass is 218 g/mol. The molecule has 1 fully saturated rings. The van der Waals surface area contributed by atoms with Gasteiger partial charge in [0.05, 0.1) is 6.10 Å². The number of aryl methyl sites for hydroxylation is 1. The van der Waals surface area contributed by atoms with E-state index < -0.39 is 0 Å². The highest BCUT2D eigenvalue weighted by molar-refractivity contribution is 5.14. The summed E-state index contributed by atoms with van der Waals surface area (Å²) in [6.45, 7) is 2.20. The SMILES string of the molecule is CC(C(O)CCCc1ccccc1)C1CC1. The van der Waals surface area contributed by atoms with Crippen LogP contribution in [0.1, 0.15) is 38.2 Å². The standard InChI is InChI=1S/C15H22O/c1-12(14-10-11-14)15(16)9-5-8-13-6-3-2-4-7-13/h2-4,6-7,12,14-16H,5,8-11H2,1H3. The van der Waals surface area contributed by atoms with Crippen molar-refractivity contribution in [2.45, 2.75) is 45.1 Å². The number of hydrogen-bond donors (Lipinski definition) is 1. The average Bonchev–Trinajstić information content (AvgIpc) is 3.13. The molecule has 0 aliphatic heterocycles. The molecule has 2 atom stereocenters. The molecule has 1 aliphatic rings. The van der Waals surface area contributed by atoms with E-state index in [4.69, 9.17) is 0 Å². The molecule has 0 saturated heterocycles. The summed E-state index contributed by atoms with van der Waals surface area (Å²) in [6, 6.07) is 10.5. The van der Waals surface area contributed by atoms with Crippen LogP contribution < -0.4 is 0 Å². The predicted octanol–water partition coefficient (Wildman–Crippen LogP) is 3.42. The molecular formula is C15H22O. The number of aliphatic hydroxyl groups is 1. The lowest BCUT2D eigenvalue weighted by molar-refractivity contribution is 0.0945. The van der Waals surface area contributed by atoms with Crippen molar-refractivity contribution in [3.8, 4) is 0 Å². The van der Waals surface area contributed by atoms with Gasteiger partial charge in [-0.2, -0.15) is 0 Å². The molecule has 1 saturated carbocycles. The van der Waals surface area contributed by atoms with Gasteiger partial charge in [0.2, 0.25) is 0 Å². The zero-order valence-corrected chi connectivity index (χ0v) is 10.1. The average molecular weight is 218 g/mol. The molecule has 2 unspecified atom stereocenters. The molecule has 2 rings (SSSR count). The third-order valence-electron chi connectivity index (χ3n) is 3.78. The fraction of sp³-hybridized carbons (Fsp3) is 0.600. The summed E-state index contributed by atoms with van der Waals surface area (Å²) in [5, 5.41) is 10.0. The Hall–Kier alpha value is -0.820. The molecular weight excluding hydrogens is 196 g/mol. The molecule has 1 aromatic rings. The van der Waals surface area contributed by atoms with E-state index in [2.05, 4.69) is 31.2 Å². The van der Waals surface area contributed by atoms with Crippen LogP contribution in [0.2, 0.25) is 0 Å². The second-order valence-corrected chi connectivity index (χ2v) is 5.14. The molecule has 16 heavy (non-hydrogen) atoms. The molecule has 0 heterocycles. The van der Waals surface area contributed by atoms with E-state index in [-0.39, 0.29) is 6.10 Å². The Bertz CT molecular complexity index is 302. The van der Waals surface area contributed by atoms with E-state index in [1.54, 1.807) is 0 Å². The third kappa shape index (κ3) is 3.34. The van der Waals surface area contributed by atoms with Crippen LogP contribution in [-0.4, -0.2) is 11.2 Å². The summed E-state index contributed by atoms with van der Waals surface area (Å²) >= 11 is 0. The van der Waals surface area contributed by atoms with Crippen LogP contribution in [0, 0.1) is 11.8 Å². The van der Waals surface area contributed by atoms with Crippen LogP contribution in [0.5, 0.6) is 0 Å². The lowest BCUT2D eigenvalue weighted by Gasteiger charge is -2.17. The Morgan fingerprint density at radius 2 is 1.94 bits per heavy atom. The highest BCUT2D eigenvalue weighted by Gasteiger charge is 2.31. The zero-order valence-electron chi connectivity index (χ0n) is 10.1. The van der Waals surface area contributed by atoms with E-state index >= 15 is 0 Å². The molecule has 0 aromatic heterocycles. The molecule has 1 nitrogen and oxygen atoms in total. The van der Waals surface area contributed by atoms with Crippen molar-refractivity contribution < 1.29 is 5.11 Å². The van der Waals surface area contributed by atoms with Crippen molar-refractivity contribution in [1.82, 2.24) is 0 Å². The Balaban J connectivity index is 1.67. The van der Waals surface area contributed by atoms with Crippen molar-refractivity contribution in [3.63, 3.8) is 0 Å². The molecule has 0 radical (unpaired) electrons. The number of hydrogen-bond acceptors (Lipinski definition) is 1. The van der Waals surface area contributed by atoms with Crippen LogP contribution in [0.4, 0.5) is 0 Å². The van der Waals surface area contributed by atoms with Gasteiger partial charge < -0.3 is 5.11 Å². The molecule has 0 amide bonds. The van der Waals surface area contributed by atoms with Gasteiger partial charge in [-0.05, 0) is 49.5 Å². The van der Waals surface area contributed by atoms with Crippen LogP contribution in [0.15, 0.2) is 30.3 Å². The number of rotatable bonds is 6. The van der Waals surface area contributed by atoms with Crippen LogP contribution in [0.3, 0.4) is 0 Å². The first-order chi connectivity index (χ1) is 7.77. The summed E-state index contributed by atoms with van der Waals surface area (Å²) in [5.41, 5.74) is 1.38. The molecule has 88 valence electrons. The van der Waals surface area contributed by atoms with Gasteiger partial charge >= 0.3 is 0 Å². The Labute approximate surface area is 98.5 Å². The maximum Gasteiger partial charge on any atom is 0.0568 e. The highest BCUT2D eigenvalue weighted by atomic mass is 16.3. The van der Waals surface area contributed by atoms with Gasteiger partial charge in [-0.1, -0.05) is 37.3 Å². The van der Waals surface area contributed by atoms with Crippen molar-refractivity contribution in [2.24, 2.45) is 11.8 Å². The smallest absolute Gasteiger partial charge is 0.0568 e. The fourth-order valence-corrected chi connectivity index (χ4v) is 2.36. The van der Waals surface area contributed by atoms with Crippen LogP contribution in [0.25, 0.3) is 0 Å². The Morgan fingerprint density at radius 1 is 1.25 bits per heavy atom. The largest absolute Gasteiger partial charge is 0.393 e. The minimum Gasteiger partial charge on any atom is -0.393 e. The first-order valence-electron chi connectivity index (χ1n) is 6.49. The molecule has 1 N–H and O–H groups in total. The molecule has 1 aliphatic carbocycles. The highest BCUT2D eigenvalue weighted by Crippen LogP contribution is 2.39. The van der Waals surface area contributed by atoms with Gasteiger partial charge in [0.1, 0.15) is 0 Å². The summed E-state index contributed by atoms with van der Waals surface area (Å²) in [4.78, 5) is 0. The van der Waals surface area contributed by atoms with Crippen molar-refractivity contribution >= 4 is 0 Å². The number of aliphatic hydroxyl groups excluding tert-OH is 1. The van der Waals surface area contributed by atoms with E-state index in [1.807, 2.05) is 6.07 Å². The Kier molecular flexibility index (Phi) is 4.00. The van der Waals surface area contributed by atoms with Crippen LogP contribution in [-0.2, 0) is 6.42 Å². The minimum atomic E-state index is -0.0868. The summed E-state index contributed by atoms with van der Waals surface area (Å²) in [7, 11) is 0. The van der Waals surface area contributed by atoms with Gasteiger partial charge in [0.15, 0.2) is 0 Å². The maximum atomic E-state index is 10.0. The lowest BCUT2D eigenvalue weighted by atomic mass is 9.94. The second kappa shape index (κ2) is 5.49. The molecule has 0 spiro atoms. The summed E-state index contributed by atoms with van der Waals surface area (Å²) in [5.74, 6) is 1.32. The van der Waals surface area contributed by atoms with Crippen LogP contribution >= 0.6 is 0 Å². The second-order valence-electron chi connectivity index (χ2n) is 5.14. The van der Waals surface area contributed by atoms with Gasteiger partial charge in [0, 0.05) is 0 Å². The maximum absolute atomic E-state index is 10.0. The van der Waals surface area contributed by atoms with Crippen molar-refractivity contribution in [3.05, 3.63) is 35.9 Å². The van der Waals surface area contributed by atoms with Gasteiger partial charge in [-0.15, -0.1) is 0 Å². The van der Waals surface area contributed by atoms with E-state index in [1.165, 1.54) is 18.4 Å². The van der Waals surface area contributed by atoms with Crippen molar-refractivity contribution in [1.29, 1.82) is 0 Å².